The molecule has 2 unspecified atom stereocenters. The largest absolute Gasteiger partial charge is 0.497 e. The molecule has 0 fully saturated rings. The predicted octanol–water partition coefficient (Wildman–Crippen LogP) is 2.85. The average Bonchev–Trinajstić information content (AvgIpc) is 2.76. The summed E-state index contributed by atoms with van der Waals surface area (Å²) >= 11 is 0. The Morgan fingerprint density at radius 2 is 1.61 bits per heavy atom. The molecule has 144 valence electrons. The van der Waals surface area contributed by atoms with Gasteiger partial charge in [-0.2, -0.15) is 0 Å². The average molecular weight is 379 g/mol. The van der Waals surface area contributed by atoms with E-state index in [2.05, 4.69) is 5.32 Å². The number of aliphatic hydroxyl groups is 1. The highest BCUT2D eigenvalue weighted by Crippen LogP contribution is 2.23. The molecule has 0 bridgehead atoms. The van der Waals surface area contributed by atoms with Crippen molar-refractivity contribution in [1.29, 1.82) is 0 Å². The Labute approximate surface area is 162 Å². The van der Waals surface area contributed by atoms with Gasteiger partial charge in [-0.3, -0.25) is 4.79 Å². The van der Waals surface area contributed by atoms with Gasteiger partial charge in [0.25, 0.3) is 5.91 Å². The topological polar surface area (TPSA) is 84.9 Å². The molecule has 6 nitrogen and oxygen atoms in total. The van der Waals surface area contributed by atoms with E-state index in [1.807, 2.05) is 30.3 Å². The van der Waals surface area contributed by atoms with Gasteiger partial charge in [0.2, 0.25) is 0 Å². The van der Waals surface area contributed by atoms with Crippen LogP contribution in [0.4, 0.5) is 0 Å². The van der Waals surface area contributed by atoms with Gasteiger partial charge >= 0.3 is 5.97 Å². The maximum absolute atomic E-state index is 12.9. The van der Waals surface area contributed by atoms with Gasteiger partial charge in [-0.15, -0.1) is 0 Å². The van der Waals surface area contributed by atoms with Crippen LogP contribution in [0.3, 0.4) is 0 Å². The number of aliphatic hydroxyl groups excluding tert-OH is 1. The quantitative estimate of drug-likeness (QED) is 0.644. The van der Waals surface area contributed by atoms with Gasteiger partial charge in [0.15, 0.2) is 6.04 Å². The van der Waals surface area contributed by atoms with E-state index in [0.29, 0.717) is 16.9 Å². The molecule has 0 heterocycles. The molecular formula is C22H21NO5. The lowest BCUT2D eigenvalue weighted by Gasteiger charge is -2.22. The lowest BCUT2D eigenvalue weighted by molar-refractivity contribution is -0.146. The minimum Gasteiger partial charge on any atom is -0.497 e. The molecule has 1 amide bonds. The summed E-state index contributed by atoms with van der Waals surface area (Å²) in [7, 11) is 2.74. The summed E-state index contributed by atoms with van der Waals surface area (Å²) in [6.07, 6.45) is -1.28. The number of amides is 1. The number of methoxy groups -OCH3 is 2. The molecule has 0 saturated carbocycles. The number of nitrogens with one attached hydrogen (secondary N) is 1. The Kier molecular flexibility index (Phi) is 5.91. The van der Waals surface area contributed by atoms with E-state index >= 15 is 0 Å². The molecule has 0 aliphatic heterocycles. The van der Waals surface area contributed by atoms with Gasteiger partial charge in [-0.1, -0.05) is 48.5 Å². The summed E-state index contributed by atoms with van der Waals surface area (Å²) < 4.78 is 9.88. The van der Waals surface area contributed by atoms with Crippen LogP contribution >= 0.6 is 0 Å². The van der Waals surface area contributed by atoms with Crippen molar-refractivity contribution in [1.82, 2.24) is 5.32 Å². The molecule has 3 aromatic rings. The Bertz CT molecular complexity index is 978. The SMILES string of the molecule is COC(=O)C(NC(=O)c1cccc2ccccc12)C(O)c1ccc(OC)cc1. The number of carbonyl (C=O) groups is 2. The van der Waals surface area contributed by atoms with Crippen molar-refractivity contribution >= 4 is 22.6 Å². The Hall–Kier alpha value is -3.38. The standard InChI is InChI=1S/C22H21NO5/c1-27-16-12-10-15(11-13-16)20(24)19(22(26)28-2)23-21(25)18-9-5-7-14-6-3-4-8-17(14)18/h3-13,19-20,24H,1-2H3,(H,23,25). The molecule has 3 aromatic carbocycles. The predicted molar refractivity (Wildman–Crippen MR) is 105 cm³/mol. The molecule has 0 aliphatic carbocycles. The second-order valence-corrected chi connectivity index (χ2v) is 6.22. The van der Waals surface area contributed by atoms with Gasteiger partial charge in [0, 0.05) is 5.56 Å². The van der Waals surface area contributed by atoms with Gasteiger partial charge in [-0.05, 0) is 34.5 Å². The second kappa shape index (κ2) is 8.54. The van der Waals surface area contributed by atoms with Crippen LogP contribution in [0.1, 0.15) is 22.0 Å². The van der Waals surface area contributed by atoms with Gasteiger partial charge in [-0.25, -0.2) is 4.79 Å². The Balaban J connectivity index is 1.89. The Morgan fingerprint density at radius 1 is 0.929 bits per heavy atom. The minimum atomic E-state index is -1.28. The summed E-state index contributed by atoms with van der Waals surface area (Å²) in [4.78, 5) is 25.1. The number of hydrogen-bond acceptors (Lipinski definition) is 5. The van der Waals surface area contributed by atoms with Crippen LogP contribution in [0.5, 0.6) is 5.75 Å². The maximum atomic E-state index is 12.9. The summed E-state index contributed by atoms with van der Waals surface area (Å²) in [5.41, 5.74) is 0.864. The number of rotatable bonds is 6. The first-order chi connectivity index (χ1) is 13.5. The molecule has 0 spiro atoms. The fourth-order valence-electron chi connectivity index (χ4n) is 3.03. The third kappa shape index (κ3) is 3.97. The minimum absolute atomic E-state index is 0.411. The molecule has 0 saturated heterocycles. The van der Waals surface area contributed by atoms with Gasteiger partial charge in [0.1, 0.15) is 11.9 Å². The van der Waals surface area contributed by atoms with Crippen LogP contribution in [0.2, 0.25) is 0 Å². The van der Waals surface area contributed by atoms with Crippen LogP contribution in [0.15, 0.2) is 66.7 Å². The zero-order valence-corrected chi connectivity index (χ0v) is 15.6. The number of benzene rings is 3. The number of fused-ring (bicyclic) bond motifs is 1. The fourth-order valence-corrected chi connectivity index (χ4v) is 3.03. The molecule has 2 N–H and O–H groups in total. The van der Waals surface area contributed by atoms with Gasteiger partial charge < -0.3 is 19.9 Å². The highest BCUT2D eigenvalue weighted by molar-refractivity contribution is 6.08. The maximum Gasteiger partial charge on any atom is 0.331 e. The van der Waals surface area contributed by atoms with Crippen LogP contribution in [0, 0.1) is 0 Å². The van der Waals surface area contributed by atoms with E-state index < -0.39 is 24.0 Å². The van der Waals surface area contributed by atoms with E-state index in [1.54, 1.807) is 36.4 Å². The van der Waals surface area contributed by atoms with Crippen molar-refractivity contribution in [3.05, 3.63) is 77.9 Å². The molecule has 0 aromatic heterocycles. The molecule has 28 heavy (non-hydrogen) atoms. The lowest BCUT2D eigenvalue weighted by atomic mass is 10.00. The number of hydrogen-bond donors (Lipinski definition) is 2. The number of ether oxygens (including phenoxy) is 2. The molecular weight excluding hydrogens is 358 g/mol. The zero-order chi connectivity index (χ0) is 20.1. The number of esters is 1. The van der Waals surface area contributed by atoms with Crippen molar-refractivity contribution in [2.75, 3.05) is 14.2 Å². The normalized spacial score (nSPS) is 12.8. The van der Waals surface area contributed by atoms with Crippen LogP contribution in [-0.2, 0) is 9.53 Å². The van der Waals surface area contributed by atoms with Crippen molar-refractivity contribution in [2.24, 2.45) is 0 Å². The highest BCUT2D eigenvalue weighted by atomic mass is 16.5. The Morgan fingerprint density at radius 3 is 2.29 bits per heavy atom. The van der Waals surface area contributed by atoms with Gasteiger partial charge in [0.05, 0.1) is 14.2 Å². The van der Waals surface area contributed by atoms with E-state index in [-0.39, 0.29) is 0 Å². The first-order valence-electron chi connectivity index (χ1n) is 8.73. The van der Waals surface area contributed by atoms with E-state index in [0.717, 1.165) is 10.8 Å². The summed E-state index contributed by atoms with van der Waals surface area (Å²) in [5, 5.41) is 15.0. The van der Waals surface area contributed by atoms with Crippen LogP contribution < -0.4 is 10.1 Å². The smallest absolute Gasteiger partial charge is 0.331 e. The first kappa shape index (κ1) is 19.4. The zero-order valence-electron chi connectivity index (χ0n) is 15.6. The molecule has 2 atom stereocenters. The van der Waals surface area contributed by atoms with E-state index in [4.69, 9.17) is 9.47 Å². The summed E-state index contributed by atoms with van der Waals surface area (Å²) in [6.45, 7) is 0. The van der Waals surface area contributed by atoms with E-state index in [9.17, 15) is 14.7 Å². The molecule has 0 aliphatic rings. The molecule has 3 rings (SSSR count). The monoisotopic (exact) mass is 379 g/mol. The van der Waals surface area contributed by atoms with Crippen molar-refractivity contribution in [2.45, 2.75) is 12.1 Å². The highest BCUT2D eigenvalue weighted by Gasteiger charge is 2.31. The lowest BCUT2D eigenvalue weighted by Crippen LogP contribution is -2.45. The number of carbonyl (C=O) groups excluding carboxylic acids is 2. The molecule has 6 heteroatoms. The summed E-state index contributed by atoms with van der Waals surface area (Å²) in [5.74, 6) is -0.595. The first-order valence-corrected chi connectivity index (χ1v) is 8.73. The van der Waals surface area contributed by atoms with E-state index in [1.165, 1.54) is 14.2 Å². The fraction of sp³-hybridized carbons (Fsp3) is 0.182. The van der Waals surface area contributed by atoms with Crippen LogP contribution in [0.25, 0.3) is 10.8 Å². The molecule has 0 radical (unpaired) electrons. The third-order valence-electron chi connectivity index (χ3n) is 4.55. The second-order valence-electron chi connectivity index (χ2n) is 6.22. The van der Waals surface area contributed by atoms with Crippen molar-refractivity contribution in [3.8, 4) is 5.75 Å². The van der Waals surface area contributed by atoms with Crippen molar-refractivity contribution in [3.63, 3.8) is 0 Å². The van der Waals surface area contributed by atoms with Crippen molar-refractivity contribution < 1.29 is 24.2 Å². The summed E-state index contributed by atoms with van der Waals surface area (Å²) in [6, 6.07) is 18.1. The van der Waals surface area contributed by atoms with Crippen LogP contribution in [-0.4, -0.2) is 37.2 Å². The third-order valence-corrected chi connectivity index (χ3v) is 4.55.